The molecule has 16 heavy (non-hydrogen) atoms. The normalized spacial score (nSPS) is 14.2. The number of anilines is 1. The third-order valence-electron chi connectivity index (χ3n) is 2.57. The number of nitrogens with one attached hydrogen (secondary N) is 1. The first-order valence-corrected chi connectivity index (χ1v) is 6.48. The van der Waals surface area contributed by atoms with E-state index in [9.17, 15) is 4.79 Å². The van der Waals surface area contributed by atoms with Gasteiger partial charge in [0.05, 0.1) is 11.6 Å². The maximum absolute atomic E-state index is 11.8. The van der Waals surface area contributed by atoms with E-state index in [1.165, 1.54) is 0 Å². The molecule has 2 unspecified atom stereocenters. The fourth-order valence-corrected chi connectivity index (χ4v) is 1.79. The zero-order valence-electron chi connectivity index (χ0n) is 9.86. The van der Waals surface area contributed by atoms with Gasteiger partial charge in [0, 0.05) is 10.9 Å². The Morgan fingerprint density at radius 1 is 1.38 bits per heavy atom. The second kappa shape index (κ2) is 5.92. The Kier molecular flexibility index (Phi) is 4.83. The number of thioether (sulfide) groups is 1. The van der Waals surface area contributed by atoms with Crippen LogP contribution in [0.3, 0.4) is 0 Å². The molecule has 0 aliphatic heterocycles. The zero-order chi connectivity index (χ0) is 12.1. The number of carbonyl (C=O) groups excluding carboxylic acids is 1. The minimum Gasteiger partial charge on any atom is -0.327 e. The highest BCUT2D eigenvalue weighted by Gasteiger charge is 2.17. The molecule has 1 aromatic carbocycles. The highest BCUT2D eigenvalue weighted by Crippen LogP contribution is 2.25. The van der Waals surface area contributed by atoms with Crippen LogP contribution < -0.4 is 11.1 Å². The highest BCUT2D eigenvalue weighted by atomic mass is 32.2. The smallest absolute Gasteiger partial charge is 0.228 e. The number of benzene rings is 1. The van der Waals surface area contributed by atoms with Crippen LogP contribution in [-0.2, 0) is 4.79 Å². The molecular formula is C12H18N2OS. The van der Waals surface area contributed by atoms with Crippen molar-refractivity contribution in [3.05, 3.63) is 24.3 Å². The number of amides is 1. The van der Waals surface area contributed by atoms with Crippen molar-refractivity contribution >= 4 is 23.4 Å². The van der Waals surface area contributed by atoms with Gasteiger partial charge in [0.25, 0.3) is 0 Å². The third-order valence-corrected chi connectivity index (χ3v) is 3.36. The topological polar surface area (TPSA) is 55.1 Å². The molecule has 0 aliphatic rings. The molecule has 0 aromatic heterocycles. The van der Waals surface area contributed by atoms with Crippen molar-refractivity contribution in [1.29, 1.82) is 0 Å². The summed E-state index contributed by atoms with van der Waals surface area (Å²) in [4.78, 5) is 12.9. The maximum Gasteiger partial charge on any atom is 0.228 e. The lowest BCUT2D eigenvalue weighted by atomic mass is 10.0. The molecule has 3 N–H and O–H groups in total. The van der Waals surface area contributed by atoms with Crippen LogP contribution >= 0.6 is 11.8 Å². The molecule has 1 rings (SSSR count). The molecule has 0 aliphatic carbocycles. The Hall–Kier alpha value is -1.00. The SMILES string of the molecule is CSc1ccccc1NC(=O)C(C)C(C)N. The number of rotatable bonds is 4. The summed E-state index contributed by atoms with van der Waals surface area (Å²) in [6, 6.07) is 7.61. The van der Waals surface area contributed by atoms with Gasteiger partial charge in [-0.2, -0.15) is 0 Å². The van der Waals surface area contributed by atoms with E-state index in [1.807, 2.05) is 44.4 Å². The van der Waals surface area contributed by atoms with E-state index >= 15 is 0 Å². The Balaban J connectivity index is 2.76. The van der Waals surface area contributed by atoms with Gasteiger partial charge in [0.15, 0.2) is 0 Å². The third kappa shape index (κ3) is 3.25. The van der Waals surface area contributed by atoms with E-state index in [0.717, 1.165) is 10.6 Å². The van der Waals surface area contributed by atoms with Crippen molar-refractivity contribution in [1.82, 2.24) is 0 Å². The molecule has 0 heterocycles. The quantitative estimate of drug-likeness (QED) is 0.792. The molecule has 0 radical (unpaired) electrons. The van der Waals surface area contributed by atoms with E-state index in [-0.39, 0.29) is 17.9 Å². The maximum atomic E-state index is 11.8. The first-order valence-electron chi connectivity index (χ1n) is 5.25. The Labute approximate surface area is 101 Å². The number of para-hydroxylation sites is 1. The predicted octanol–water partition coefficient (Wildman–Crippen LogP) is 2.33. The van der Waals surface area contributed by atoms with Gasteiger partial charge in [-0.05, 0) is 25.3 Å². The van der Waals surface area contributed by atoms with Gasteiger partial charge in [-0.15, -0.1) is 11.8 Å². The molecule has 88 valence electrons. The molecule has 2 atom stereocenters. The lowest BCUT2D eigenvalue weighted by Crippen LogP contribution is -2.34. The number of hydrogen-bond acceptors (Lipinski definition) is 3. The van der Waals surface area contributed by atoms with Crippen LogP contribution in [0.5, 0.6) is 0 Å². The highest BCUT2D eigenvalue weighted by molar-refractivity contribution is 7.98. The van der Waals surface area contributed by atoms with Crippen molar-refractivity contribution in [2.24, 2.45) is 11.7 Å². The largest absolute Gasteiger partial charge is 0.327 e. The summed E-state index contributed by atoms with van der Waals surface area (Å²) < 4.78 is 0. The summed E-state index contributed by atoms with van der Waals surface area (Å²) in [6.07, 6.45) is 1.99. The zero-order valence-corrected chi connectivity index (χ0v) is 10.7. The minimum atomic E-state index is -0.185. The van der Waals surface area contributed by atoms with E-state index in [1.54, 1.807) is 11.8 Å². The number of nitrogens with two attached hydrogens (primary N) is 1. The van der Waals surface area contributed by atoms with Gasteiger partial charge >= 0.3 is 0 Å². The first-order chi connectivity index (χ1) is 7.56. The number of hydrogen-bond donors (Lipinski definition) is 2. The summed E-state index contributed by atoms with van der Waals surface area (Å²) in [7, 11) is 0. The average molecular weight is 238 g/mol. The Bertz CT molecular complexity index is 366. The molecule has 0 saturated carbocycles. The molecule has 0 fully saturated rings. The Morgan fingerprint density at radius 3 is 2.56 bits per heavy atom. The van der Waals surface area contributed by atoms with Crippen LogP contribution in [0.4, 0.5) is 5.69 Å². The van der Waals surface area contributed by atoms with Crippen LogP contribution in [-0.4, -0.2) is 18.2 Å². The van der Waals surface area contributed by atoms with Crippen molar-refractivity contribution in [2.45, 2.75) is 24.8 Å². The summed E-state index contributed by atoms with van der Waals surface area (Å²) in [5.74, 6) is -0.216. The second-order valence-electron chi connectivity index (χ2n) is 3.84. The monoisotopic (exact) mass is 238 g/mol. The minimum absolute atomic E-state index is 0.0310. The summed E-state index contributed by atoms with van der Waals surface area (Å²) >= 11 is 1.61. The van der Waals surface area contributed by atoms with Gasteiger partial charge in [-0.3, -0.25) is 4.79 Å². The van der Waals surface area contributed by atoms with E-state index in [0.29, 0.717) is 0 Å². The standard InChI is InChI=1S/C12H18N2OS/c1-8(9(2)13)12(15)14-10-6-4-5-7-11(10)16-3/h4-9H,13H2,1-3H3,(H,14,15). The molecule has 1 aromatic rings. The second-order valence-corrected chi connectivity index (χ2v) is 4.69. The van der Waals surface area contributed by atoms with E-state index in [4.69, 9.17) is 5.73 Å². The van der Waals surface area contributed by atoms with Crippen LogP contribution in [0.15, 0.2) is 29.2 Å². The van der Waals surface area contributed by atoms with Crippen molar-refractivity contribution in [2.75, 3.05) is 11.6 Å². The van der Waals surface area contributed by atoms with Gasteiger partial charge < -0.3 is 11.1 Å². The van der Waals surface area contributed by atoms with Crippen molar-refractivity contribution < 1.29 is 4.79 Å². The summed E-state index contributed by atoms with van der Waals surface area (Å²) in [5.41, 5.74) is 6.55. The molecule has 1 amide bonds. The molecule has 0 spiro atoms. The van der Waals surface area contributed by atoms with Crippen LogP contribution in [0.2, 0.25) is 0 Å². The van der Waals surface area contributed by atoms with Crippen LogP contribution in [0.25, 0.3) is 0 Å². The molecule has 0 saturated heterocycles. The average Bonchev–Trinajstić information content (AvgIpc) is 2.28. The number of carbonyl (C=O) groups is 1. The van der Waals surface area contributed by atoms with Gasteiger partial charge in [0.2, 0.25) is 5.91 Å². The van der Waals surface area contributed by atoms with Crippen molar-refractivity contribution in [3.8, 4) is 0 Å². The summed E-state index contributed by atoms with van der Waals surface area (Å²) in [6.45, 7) is 3.67. The van der Waals surface area contributed by atoms with Gasteiger partial charge in [0.1, 0.15) is 0 Å². The Morgan fingerprint density at radius 2 is 2.00 bits per heavy atom. The van der Waals surface area contributed by atoms with Crippen LogP contribution in [0.1, 0.15) is 13.8 Å². The van der Waals surface area contributed by atoms with Crippen LogP contribution in [0, 0.1) is 5.92 Å². The fourth-order valence-electron chi connectivity index (χ4n) is 1.23. The molecule has 3 nitrogen and oxygen atoms in total. The van der Waals surface area contributed by atoms with Gasteiger partial charge in [-0.25, -0.2) is 0 Å². The molecule has 4 heteroatoms. The summed E-state index contributed by atoms with van der Waals surface area (Å²) in [5, 5.41) is 2.90. The van der Waals surface area contributed by atoms with E-state index < -0.39 is 0 Å². The van der Waals surface area contributed by atoms with Gasteiger partial charge in [-0.1, -0.05) is 19.1 Å². The fraction of sp³-hybridized carbons (Fsp3) is 0.417. The predicted molar refractivity (Wildman–Crippen MR) is 69.7 cm³/mol. The lowest BCUT2D eigenvalue weighted by Gasteiger charge is -2.16. The molecule has 0 bridgehead atoms. The van der Waals surface area contributed by atoms with Crippen molar-refractivity contribution in [3.63, 3.8) is 0 Å². The van der Waals surface area contributed by atoms with E-state index in [2.05, 4.69) is 5.32 Å². The molecular weight excluding hydrogens is 220 g/mol. The lowest BCUT2D eigenvalue weighted by molar-refractivity contribution is -0.119. The first kappa shape index (κ1) is 13.1.